The third kappa shape index (κ3) is 3.19. The Morgan fingerprint density at radius 1 is 1.19 bits per heavy atom. The topological polar surface area (TPSA) is 79.0 Å². The van der Waals surface area contributed by atoms with Crippen LogP contribution in [-0.2, 0) is 9.47 Å². The van der Waals surface area contributed by atoms with E-state index in [1.54, 1.807) is 44.7 Å². The van der Waals surface area contributed by atoms with Crippen molar-refractivity contribution in [2.24, 2.45) is 4.99 Å². The van der Waals surface area contributed by atoms with Gasteiger partial charge in [0.05, 0.1) is 30.5 Å². The molecule has 8 heteroatoms. The van der Waals surface area contributed by atoms with Crippen LogP contribution in [0.5, 0.6) is 5.75 Å². The molecule has 1 atom stereocenters. The van der Waals surface area contributed by atoms with Crippen LogP contribution < -0.4 is 10.5 Å². The number of methoxy groups -OCH3 is 2. The number of benzene rings is 1. The molecular weight excluding hydrogens is 369 g/mol. The van der Waals surface area contributed by atoms with Crippen LogP contribution >= 0.6 is 11.3 Å². The van der Waals surface area contributed by atoms with Crippen molar-refractivity contribution in [3.05, 3.63) is 65.1 Å². The summed E-state index contributed by atoms with van der Waals surface area (Å²) in [5.74, 6) is 1.15. The highest BCUT2D eigenvalue weighted by molar-refractivity contribution is 7.22. The van der Waals surface area contributed by atoms with Gasteiger partial charge in [-0.25, -0.2) is 9.37 Å². The largest absolute Gasteiger partial charge is 0.493 e. The molecule has 1 aromatic carbocycles. The smallest absolute Gasteiger partial charge is 0.181 e. The molecule has 0 fully saturated rings. The molecule has 1 aliphatic carbocycles. The van der Waals surface area contributed by atoms with E-state index in [-0.39, 0.29) is 11.8 Å². The zero-order chi connectivity index (χ0) is 19.0. The summed E-state index contributed by atoms with van der Waals surface area (Å²) in [5, 5.41) is 0.379. The second-order valence-corrected chi connectivity index (χ2v) is 6.84. The van der Waals surface area contributed by atoms with Gasteiger partial charge in [0, 0.05) is 23.9 Å². The van der Waals surface area contributed by atoms with Gasteiger partial charge in [-0.3, -0.25) is 4.99 Å². The van der Waals surface area contributed by atoms with Gasteiger partial charge in [-0.1, -0.05) is 17.4 Å². The van der Waals surface area contributed by atoms with Crippen molar-refractivity contribution in [1.82, 2.24) is 4.98 Å². The van der Waals surface area contributed by atoms with Gasteiger partial charge in [-0.15, -0.1) is 0 Å². The summed E-state index contributed by atoms with van der Waals surface area (Å²) in [6, 6.07) is 2.63. The number of nitrogen functional groups attached to an aromatic ring is 1. The molecule has 0 saturated heterocycles. The number of hydrogen-bond donors (Lipinski definition) is 1. The molecule has 138 valence electrons. The summed E-state index contributed by atoms with van der Waals surface area (Å²) in [4.78, 5) is 8.51. The number of nitrogens with two attached hydrogens (primary N) is 1. The SMILES string of the molecule is COC1=C(OC)C=C2C(Oc3cc4sc(N)nc4cc3F)=CC=NC2C=C1. The van der Waals surface area contributed by atoms with Crippen LogP contribution in [0.1, 0.15) is 0 Å². The van der Waals surface area contributed by atoms with Crippen molar-refractivity contribution in [3.8, 4) is 5.75 Å². The predicted octanol–water partition coefficient (Wildman–Crippen LogP) is 3.73. The highest BCUT2D eigenvalue weighted by atomic mass is 32.1. The van der Waals surface area contributed by atoms with Gasteiger partial charge in [-0.2, -0.15) is 0 Å². The molecule has 4 rings (SSSR count). The van der Waals surface area contributed by atoms with Gasteiger partial charge in [0.1, 0.15) is 5.76 Å². The van der Waals surface area contributed by atoms with Crippen molar-refractivity contribution in [1.29, 1.82) is 0 Å². The molecule has 1 aromatic heterocycles. The van der Waals surface area contributed by atoms with E-state index in [0.717, 1.165) is 10.3 Å². The Hall–Kier alpha value is -3.13. The van der Waals surface area contributed by atoms with Gasteiger partial charge in [-0.05, 0) is 18.2 Å². The summed E-state index contributed by atoms with van der Waals surface area (Å²) >= 11 is 1.27. The van der Waals surface area contributed by atoms with Gasteiger partial charge in [0.25, 0.3) is 0 Å². The molecule has 0 spiro atoms. The third-order valence-corrected chi connectivity index (χ3v) is 5.00. The predicted molar refractivity (Wildman–Crippen MR) is 103 cm³/mol. The second kappa shape index (κ2) is 6.88. The number of nitrogens with zero attached hydrogens (tertiary/aromatic N) is 2. The Morgan fingerprint density at radius 2 is 2.00 bits per heavy atom. The molecule has 2 aromatic rings. The van der Waals surface area contributed by atoms with Crippen molar-refractivity contribution in [2.45, 2.75) is 6.04 Å². The van der Waals surface area contributed by atoms with E-state index < -0.39 is 5.82 Å². The molecule has 1 unspecified atom stereocenters. The summed E-state index contributed by atoms with van der Waals surface area (Å²) in [5.41, 5.74) is 6.95. The first-order valence-corrected chi connectivity index (χ1v) is 8.90. The standard InChI is InChI=1S/C19H16FN3O3S/c1-24-15-4-3-12-10(7-17(15)25-2)14(5-6-22-12)26-16-9-18-13(8-11(16)20)23-19(21)27-18/h3-9,12H,1-2H3,(H2,21,23). The van der Waals surface area contributed by atoms with E-state index in [0.29, 0.717) is 27.9 Å². The van der Waals surface area contributed by atoms with E-state index in [4.69, 9.17) is 19.9 Å². The Balaban J connectivity index is 1.73. The van der Waals surface area contributed by atoms with E-state index in [1.165, 1.54) is 17.4 Å². The van der Waals surface area contributed by atoms with Gasteiger partial charge >= 0.3 is 0 Å². The molecule has 2 N–H and O–H groups in total. The molecule has 27 heavy (non-hydrogen) atoms. The monoisotopic (exact) mass is 385 g/mol. The molecular formula is C19H16FN3O3S. The van der Waals surface area contributed by atoms with Crippen LogP contribution in [0, 0.1) is 5.82 Å². The molecule has 1 aliphatic heterocycles. The first-order valence-electron chi connectivity index (χ1n) is 8.08. The lowest BCUT2D eigenvalue weighted by atomic mass is 10.0. The quantitative estimate of drug-likeness (QED) is 0.867. The van der Waals surface area contributed by atoms with Crippen LogP contribution in [0.25, 0.3) is 10.2 Å². The number of aromatic nitrogens is 1. The fourth-order valence-electron chi connectivity index (χ4n) is 2.87. The van der Waals surface area contributed by atoms with Gasteiger partial charge in [0.15, 0.2) is 28.2 Å². The lowest BCUT2D eigenvalue weighted by Gasteiger charge is -2.20. The molecule has 2 aliphatic rings. The molecule has 0 bridgehead atoms. The third-order valence-electron chi connectivity index (χ3n) is 4.15. The number of hydrogen-bond acceptors (Lipinski definition) is 7. The Kier molecular flexibility index (Phi) is 4.41. The number of ether oxygens (including phenoxy) is 3. The van der Waals surface area contributed by atoms with Gasteiger partial charge in [0.2, 0.25) is 0 Å². The van der Waals surface area contributed by atoms with Crippen LogP contribution in [0.4, 0.5) is 9.52 Å². The van der Waals surface area contributed by atoms with E-state index in [2.05, 4.69) is 9.98 Å². The Labute approximate surface area is 158 Å². The molecule has 6 nitrogen and oxygen atoms in total. The normalized spacial score (nSPS) is 18.7. The Morgan fingerprint density at radius 3 is 2.78 bits per heavy atom. The molecule has 2 heterocycles. The summed E-state index contributed by atoms with van der Waals surface area (Å²) in [6.07, 6.45) is 8.76. The minimum atomic E-state index is -0.516. The lowest BCUT2D eigenvalue weighted by Crippen LogP contribution is -2.15. The first kappa shape index (κ1) is 17.3. The van der Waals surface area contributed by atoms with Crippen LogP contribution in [0.2, 0.25) is 0 Å². The highest BCUT2D eigenvalue weighted by Gasteiger charge is 2.24. The number of rotatable bonds is 4. The Bertz CT molecular complexity index is 1070. The van der Waals surface area contributed by atoms with Crippen LogP contribution in [0.15, 0.2) is 64.3 Å². The van der Waals surface area contributed by atoms with Crippen LogP contribution in [0.3, 0.4) is 0 Å². The van der Waals surface area contributed by atoms with Gasteiger partial charge < -0.3 is 19.9 Å². The van der Waals surface area contributed by atoms with Crippen molar-refractivity contribution in [3.63, 3.8) is 0 Å². The maximum Gasteiger partial charge on any atom is 0.181 e. The number of anilines is 1. The minimum absolute atomic E-state index is 0.0930. The maximum atomic E-state index is 14.5. The average molecular weight is 385 g/mol. The second-order valence-electron chi connectivity index (χ2n) is 5.77. The van der Waals surface area contributed by atoms with Crippen molar-refractivity contribution in [2.75, 3.05) is 20.0 Å². The number of halogens is 1. The van der Waals surface area contributed by atoms with E-state index in [9.17, 15) is 4.39 Å². The molecule has 0 amide bonds. The number of allylic oxidation sites excluding steroid dienone is 3. The number of aliphatic imine (C=N–C) groups is 1. The van der Waals surface area contributed by atoms with E-state index in [1.807, 2.05) is 6.08 Å². The lowest BCUT2D eigenvalue weighted by molar-refractivity contribution is 0.241. The molecule has 0 radical (unpaired) electrons. The van der Waals surface area contributed by atoms with Crippen LogP contribution in [-0.4, -0.2) is 31.5 Å². The fourth-order valence-corrected chi connectivity index (χ4v) is 3.62. The number of fused-ring (bicyclic) bond motifs is 2. The van der Waals surface area contributed by atoms with Crippen molar-refractivity contribution >= 4 is 32.9 Å². The average Bonchev–Trinajstić information content (AvgIpc) is 2.90. The number of dihydropyridines is 1. The summed E-state index contributed by atoms with van der Waals surface area (Å²) in [7, 11) is 3.12. The minimum Gasteiger partial charge on any atom is -0.493 e. The summed E-state index contributed by atoms with van der Waals surface area (Å²) in [6.45, 7) is 0. The maximum absolute atomic E-state index is 14.5. The fraction of sp³-hybridized carbons (Fsp3) is 0.158. The van der Waals surface area contributed by atoms with E-state index >= 15 is 0 Å². The first-order chi connectivity index (χ1) is 13.1. The highest BCUT2D eigenvalue weighted by Crippen LogP contribution is 2.34. The zero-order valence-corrected chi connectivity index (χ0v) is 15.4. The van der Waals surface area contributed by atoms with Crippen molar-refractivity contribution < 1.29 is 18.6 Å². The molecule has 0 saturated carbocycles. The number of thiazole rings is 1. The zero-order valence-electron chi connectivity index (χ0n) is 14.6. The summed E-state index contributed by atoms with van der Waals surface area (Å²) < 4.78 is 31.9.